The van der Waals surface area contributed by atoms with Gasteiger partial charge in [-0.2, -0.15) is 0 Å². The number of carboxylic acid groups (broad SMARTS) is 1. The van der Waals surface area contributed by atoms with E-state index in [1.165, 1.54) is 19.1 Å². The van der Waals surface area contributed by atoms with Crippen molar-refractivity contribution < 1.29 is 14.7 Å². The third-order valence-electron chi connectivity index (χ3n) is 0.963. The van der Waals surface area contributed by atoms with Gasteiger partial charge in [-0.3, -0.25) is 0 Å². The molecule has 0 amide bonds. The summed E-state index contributed by atoms with van der Waals surface area (Å²) in [6, 6.07) is 0. The van der Waals surface area contributed by atoms with Crippen LogP contribution in [0.1, 0.15) is 13.3 Å². The monoisotopic (exact) mass is 140 g/mol. The summed E-state index contributed by atoms with van der Waals surface area (Å²) in [5, 5.41) is 8.30. The Morgan fingerprint density at radius 1 is 1.70 bits per heavy atom. The molecule has 0 saturated heterocycles. The van der Waals surface area contributed by atoms with Crippen molar-refractivity contribution in [2.75, 3.05) is 0 Å². The van der Waals surface area contributed by atoms with Crippen LogP contribution in [0.2, 0.25) is 0 Å². The molecule has 3 heteroatoms. The normalized spacial score (nSPS) is 10.3. The molecule has 0 aliphatic rings. The van der Waals surface area contributed by atoms with Crippen LogP contribution in [0.25, 0.3) is 0 Å². The number of allylic oxidation sites excluding steroid dienone is 2. The summed E-state index contributed by atoms with van der Waals surface area (Å²) in [7, 11) is 0. The molecule has 0 unspecified atom stereocenters. The SMILES string of the molecule is CC(=CCC=C=O)C(=O)O. The number of hydrogen-bond donors (Lipinski definition) is 1. The van der Waals surface area contributed by atoms with Gasteiger partial charge in [-0.05, 0) is 13.3 Å². The quantitative estimate of drug-likeness (QED) is 0.466. The molecular formula is C7H8O3. The van der Waals surface area contributed by atoms with Gasteiger partial charge in [-0.1, -0.05) is 6.08 Å². The molecule has 0 spiro atoms. The summed E-state index contributed by atoms with van der Waals surface area (Å²) in [6.07, 6.45) is 3.02. The Morgan fingerprint density at radius 3 is 2.70 bits per heavy atom. The number of carbonyl (C=O) groups excluding carboxylic acids is 1. The van der Waals surface area contributed by atoms with E-state index in [1.54, 1.807) is 5.94 Å². The minimum Gasteiger partial charge on any atom is -0.478 e. The highest BCUT2D eigenvalue weighted by atomic mass is 16.4. The molecule has 10 heavy (non-hydrogen) atoms. The molecule has 0 heterocycles. The summed E-state index contributed by atoms with van der Waals surface area (Å²) in [4.78, 5) is 19.7. The van der Waals surface area contributed by atoms with Crippen LogP contribution in [0.15, 0.2) is 17.7 Å². The maximum atomic E-state index is 10.1. The minimum atomic E-state index is -0.959. The molecule has 0 aliphatic carbocycles. The number of hydrogen-bond acceptors (Lipinski definition) is 2. The third kappa shape index (κ3) is 3.64. The van der Waals surface area contributed by atoms with Crippen molar-refractivity contribution in [2.24, 2.45) is 0 Å². The summed E-state index contributed by atoms with van der Waals surface area (Å²) in [6.45, 7) is 1.47. The molecule has 0 aliphatic heterocycles. The van der Waals surface area contributed by atoms with Crippen LogP contribution >= 0.6 is 0 Å². The second kappa shape index (κ2) is 4.53. The van der Waals surface area contributed by atoms with Crippen molar-refractivity contribution in [1.29, 1.82) is 0 Å². The molecule has 0 aromatic heterocycles. The highest BCUT2D eigenvalue weighted by Gasteiger charge is 1.95. The van der Waals surface area contributed by atoms with Crippen LogP contribution in [-0.2, 0) is 9.59 Å². The zero-order valence-electron chi connectivity index (χ0n) is 5.63. The zero-order chi connectivity index (χ0) is 7.98. The lowest BCUT2D eigenvalue weighted by atomic mass is 10.2. The van der Waals surface area contributed by atoms with Crippen molar-refractivity contribution in [1.82, 2.24) is 0 Å². The van der Waals surface area contributed by atoms with E-state index < -0.39 is 5.97 Å². The van der Waals surface area contributed by atoms with E-state index in [4.69, 9.17) is 5.11 Å². The van der Waals surface area contributed by atoms with E-state index in [-0.39, 0.29) is 5.57 Å². The molecule has 0 bridgehead atoms. The predicted octanol–water partition coefficient (Wildman–Crippen LogP) is 0.795. The Bertz CT molecular complexity index is 197. The Morgan fingerprint density at radius 2 is 2.30 bits per heavy atom. The highest BCUT2D eigenvalue weighted by molar-refractivity contribution is 5.85. The fourth-order valence-electron chi connectivity index (χ4n) is 0.371. The topological polar surface area (TPSA) is 54.4 Å². The van der Waals surface area contributed by atoms with E-state index in [1.807, 2.05) is 0 Å². The fraction of sp³-hybridized carbons (Fsp3) is 0.286. The molecule has 0 aromatic carbocycles. The van der Waals surface area contributed by atoms with Gasteiger partial charge in [0.15, 0.2) is 0 Å². The third-order valence-corrected chi connectivity index (χ3v) is 0.963. The highest BCUT2D eigenvalue weighted by Crippen LogP contribution is 1.94. The van der Waals surface area contributed by atoms with E-state index in [9.17, 15) is 9.59 Å². The molecule has 0 aromatic rings. The predicted molar refractivity (Wildman–Crippen MR) is 36.3 cm³/mol. The second-order valence-electron chi connectivity index (χ2n) is 1.75. The van der Waals surface area contributed by atoms with E-state index in [0.29, 0.717) is 6.42 Å². The molecule has 0 radical (unpaired) electrons. The largest absolute Gasteiger partial charge is 0.478 e. The molecule has 54 valence electrons. The van der Waals surface area contributed by atoms with Crippen molar-refractivity contribution in [3.05, 3.63) is 17.7 Å². The van der Waals surface area contributed by atoms with Gasteiger partial charge in [0.05, 0.1) is 0 Å². The van der Waals surface area contributed by atoms with Crippen LogP contribution < -0.4 is 0 Å². The standard InChI is InChI=1S/C7H8O3/c1-6(7(9)10)4-2-3-5-8/h3-4H,2H2,1H3,(H,9,10). The molecule has 0 atom stereocenters. The van der Waals surface area contributed by atoms with Crippen molar-refractivity contribution in [3.63, 3.8) is 0 Å². The molecule has 0 fully saturated rings. The first kappa shape index (κ1) is 8.66. The Labute approximate surface area is 58.7 Å². The second-order valence-corrected chi connectivity index (χ2v) is 1.75. The Balaban J connectivity index is 3.92. The van der Waals surface area contributed by atoms with Gasteiger partial charge in [0, 0.05) is 11.6 Å². The first-order chi connectivity index (χ1) is 4.68. The van der Waals surface area contributed by atoms with E-state index in [2.05, 4.69) is 0 Å². The van der Waals surface area contributed by atoms with Crippen LogP contribution in [-0.4, -0.2) is 17.0 Å². The average Bonchev–Trinajstić information content (AvgIpc) is 1.88. The van der Waals surface area contributed by atoms with Crippen LogP contribution in [0.4, 0.5) is 0 Å². The average molecular weight is 140 g/mol. The van der Waals surface area contributed by atoms with Gasteiger partial charge >= 0.3 is 5.97 Å². The lowest BCUT2D eigenvalue weighted by Gasteiger charge is -1.87. The maximum Gasteiger partial charge on any atom is 0.330 e. The molecule has 3 nitrogen and oxygen atoms in total. The van der Waals surface area contributed by atoms with Gasteiger partial charge in [-0.15, -0.1) is 0 Å². The first-order valence-corrected chi connectivity index (χ1v) is 2.78. The van der Waals surface area contributed by atoms with Gasteiger partial charge in [0.1, 0.15) is 5.94 Å². The number of rotatable bonds is 3. The summed E-state index contributed by atoms with van der Waals surface area (Å²) in [5.74, 6) is 0.590. The number of carboxylic acids is 1. The summed E-state index contributed by atoms with van der Waals surface area (Å²) in [5.41, 5.74) is 0.242. The molecule has 0 saturated carbocycles. The van der Waals surface area contributed by atoms with Crippen LogP contribution in [0.5, 0.6) is 0 Å². The van der Waals surface area contributed by atoms with Crippen molar-refractivity contribution >= 4 is 11.9 Å². The first-order valence-electron chi connectivity index (χ1n) is 2.78. The fourth-order valence-corrected chi connectivity index (χ4v) is 0.371. The van der Waals surface area contributed by atoms with Crippen molar-refractivity contribution in [2.45, 2.75) is 13.3 Å². The lowest BCUT2D eigenvalue weighted by molar-refractivity contribution is -0.132. The molecular weight excluding hydrogens is 132 g/mol. The smallest absolute Gasteiger partial charge is 0.330 e. The molecule has 0 rings (SSSR count). The van der Waals surface area contributed by atoms with Crippen LogP contribution in [0.3, 0.4) is 0 Å². The maximum absolute atomic E-state index is 10.1. The van der Waals surface area contributed by atoms with Crippen molar-refractivity contribution in [3.8, 4) is 0 Å². The van der Waals surface area contributed by atoms with Gasteiger partial charge in [-0.25, -0.2) is 9.59 Å². The lowest BCUT2D eigenvalue weighted by Crippen LogP contribution is -1.94. The summed E-state index contributed by atoms with van der Waals surface area (Å²) < 4.78 is 0. The Hall–Kier alpha value is -1.34. The number of carbonyl (C=O) groups is 1. The number of aliphatic carboxylic acids is 1. The van der Waals surface area contributed by atoms with E-state index in [0.717, 1.165) is 0 Å². The minimum absolute atomic E-state index is 0.242. The van der Waals surface area contributed by atoms with Gasteiger partial charge in [0.25, 0.3) is 0 Å². The van der Waals surface area contributed by atoms with Gasteiger partial charge < -0.3 is 5.11 Å². The van der Waals surface area contributed by atoms with Gasteiger partial charge in [0.2, 0.25) is 0 Å². The summed E-state index contributed by atoms with van der Waals surface area (Å²) >= 11 is 0. The van der Waals surface area contributed by atoms with Crippen LogP contribution in [0, 0.1) is 0 Å². The molecule has 1 N–H and O–H groups in total. The Kier molecular flexibility index (Phi) is 3.92. The zero-order valence-corrected chi connectivity index (χ0v) is 5.63. The van der Waals surface area contributed by atoms with E-state index >= 15 is 0 Å².